The number of benzene rings is 4. The summed E-state index contributed by atoms with van der Waals surface area (Å²) < 4.78 is 0. The minimum absolute atomic E-state index is 0.423. The van der Waals surface area contributed by atoms with Crippen LogP contribution in [0.2, 0.25) is 0 Å². The summed E-state index contributed by atoms with van der Waals surface area (Å²) in [5, 5.41) is 0. The second kappa shape index (κ2) is 6.07. The Bertz CT molecular complexity index is 1090. The van der Waals surface area contributed by atoms with E-state index in [1.165, 1.54) is 22.3 Å². The molecule has 0 saturated carbocycles. The van der Waals surface area contributed by atoms with Crippen LogP contribution < -0.4 is 0 Å². The fraction of sp³-hybridized carbons (Fsp3) is 0.0385. The van der Waals surface area contributed by atoms with E-state index in [9.17, 15) is 4.79 Å². The van der Waals surface area contributed by atoms with E-state index in [4.69, 9.17) is 0 Å². The molecule has 128 valence electrons. The SMILES string of the molecule is O=Cc1cccc2c1-c1ccccc1C2(c1ccccc1)c1ccccc1. The minimum atomic E-state index is -0.423. The molecule has 27 heavy (non-hydrogen) atoms. The molecule has 0 bridgehead atoms. The van der Waals surface area contributed by atoms with Crippen LogP contribution >= 0.6 is 0 Å². The maximum atomic E-state index is 11.9. The molecule has 4 aromatic rings. The van der Waals surface area contributed by atoms with Gasteiger partial charge in [0.15, 0.2) is 6.29 Å². The van der Waals surface area contributed by atoms with Crippen LogP contribution in [0.3, 0.4) is 0 Å². The lowest BCUT2D eigenvalue weighted by Gasteiger charge is -2.33. The Morgan fingerprint density at radius 3 is 1.74 bits per heavy atom. The maximum absolute atomic E-state index is 11.9. The Morgan fingerprint density at radius 1 is 0.556 bits per heavy atom. The Hall–Kier alpha value is -3.45. The first kappa shape index (κ1) is 15.8. The van der Waals surface area contributed by atoms with Crippen molar-refractivity contribution in [3.8, 4) is 11.1 Å². The predicted octanol–water partition coefficient (Wildman–Crippen LogP) is 5.86. The third-order valence-electron chi connectivity index (χ3n) is 5.64. The van der Waals surface area contributed by atoms with Gasteiger partial charge in [-0.25, -0.2) is 0 Å². The van der Waals surface area contributed by atoms with Gasteiger partial charge in [0.25, 0.3) is 0 Å². The van der Waals surface area contributed by atoms with E-state index in [1.54, 1.807) is 0 Å². The van der Waals surface area contributed by atoms with Gasteiger partial charge in [0, 0.05) is 5.56 Å². The number of carbonyl (C=O) groups excluding carboxylic acids is 1. The predicted molar refractivity (Wildman–Crippen MR) is 109 cm³/mol. The minimum Gasteiger partial charge on any atom is -0.298 e. The van der Waals surface area contributed by atoms with Crippen molar-refractivity contribution in [1.29, 1.82) is 0 Å². The van der Waals surface area contributed by atoms with Crippen molar-refractivity contribution in [3.63, 3.8) is 0 Å². The zero-order valence-electron chi connectivity index (χ0n) is 14.8. The largest absolute Gasteiger partial charge is 0.298 e. The van der Waals surface area contributed by atoms with E-state index in [0.29, 0.717) is 0 Å². The van der Waals surface area contributed by atoms with Crippen molar-refractivity contribution >= 4 is 6.29 Å². The van der Waals surface area contributed by atoms with Crippen LogP contribution in [0.25, 0.3) is 11.1 Å². The molecule has 1 heteroatoms. The fourth-order valence-electron chi connectivity index (χ4n) is 4.62. The summed E-state index contributed by atoms with van der Waals surface area (Å²) in [6.45, 7) is 0. The molecule has 1 nitrogen and oxygen atoms in total. The molecule has 0 amide bonds. The second-order valence-corrected chi connectivity index (χ2v) is 6.92. The molecular formula is C26H18O. The van der Waals surface area contributed by atoms with Crippen LogP contribution in [0, 0.1) is 0 Å². The lowest BCUT2D eigenvalue weighted by molar-refractivity contribution is 0.112. The van der Waals surface area contributed by atoms with Gasteiger partial charge in [0.1, 0.15) is 0 Å². The third-order valence-corrected chi connectivity index (χ3v) is 5.64. The normalized spacial score (nSPS) is 13.6. The zero-order chi connectivity index (χ0) is 18.3. The van der Waals surface area contributed by atoms with Crippen molar-refractivity contribution in [2.24, 2.45) is 0 Å². The lowest BCUT2D eigenvalue weighted by atomic mass is 9.67. The van der Waals surface area contributed by atoms with Crippen molar-refractivity contribution in [3.05, 3.63) is 131 Å². The summed E-state index contributed by atoms with van der Waals surface area (Å²) in [6, 6.07) is 35.7. The molecule has 1 aliphatic carbocycles. The van der Waals surface area contributed by atoms with Crippen molar-refractivity contribution < 1.29 is 4.79 Å². The molecule has 4 aromatic carbocycles. The summed E-state index contributed by atoms with van der Waals surface area (Å²) in [4.78, 5) is 11.9. The Morgan fingerprint density at radius 2 is 1.11 bits per heavy atom. The van der Waals surface area contributed by atoms with Gasteiger partial charge in [-0.3, -0.25) is 4.79 Å². The average Bonchev–Trinajstić information content (AvgIpc) is 3.06. The molecule has 0 heterocycles. The van der Waals surface area contributed by atoms with Crippen molar-refractivity contribution in [2.45, 2.75) is 5.41 Å². The van der Waals surface area contributed by atoms with Crippen molar-refractivity contribution in [2.75, 3.05) is 0 Å². The smallest absolute Gasteiger partial charge is 0.150 e. The van der Waals surface area contributed by atoms with Crippen LogP contribution in [0.1, 0.15) is 32.6 Å². The standard InChI is InChI=1S/C26H18O/c27-18-19-10-9-17-24-25(19)22-15-7-8-16-23(22)26(24,20-11-3-1-4-12-20)21-13-5-2-6-14-21/h1-18H. The van der Waals surface area contributed by atoms with Gasteiger partial charge in [-0.1, -0.05) is 103 Å². The first-order chi connectivity index (χ1) is 13.4. The highest BCUT2D eigenvalue weighted by Gasteiger charge is 2.46. The number of fused-ring (bicyclic) bond motifs is 3. The Balaban J connectivity index is 2.01. The van der Waals surface area contributed by atoms with Gasteiger partial charge in [-0.15, -0.1) is 0 Å². The quantitative estimate of drug-likeness (QED) is 0.374. The van der Waals surface area contributed by atoms with E-state index in [1.807, 2.05) is 24.3 Å². The van der Waals surface area contributed by atoms with E-state index < -0.39 is 5.41 Å². The summed E-state index contributed by atoms with van der Waals surface area (Å²) in [5.74, 6) is 0. The highest BCUT2D eigenvalue weighted by atomic mass is 16.1. The van der Waals surface area contributed by atoms with Gasteiger partial charge in [0.05, 0.1) is 5.41 Å². The molecular weight excluding hydrogens is 328 g/mol. The molecule has 1 aliphatic rings. The molecule has 0 N–H and O–H groups in total. The lowest BCUT2D eigenvalue weighted by Crippen LogP contribution is -2.28. The van der Waals surface area contributed by atoms with E-state index in [-0.39, 0.29) is 0 Å². The van der Waals surface area contributed by atoms with Gasteiger partial charge >= 0.3 is 0 Å². The molecule has 0 aromatic heterocycles. The first-order valence-corrected chi connectivity index (χ1v) is 9.17. The molecule has 5 rings (SSSR count). The van der Waals surface area contributed by atoms with Crippen LogP contribution in [0.4, 0.5) is 0 Å². The molecule has 0 spiro atoms. The summed E-state index contributed by atoms with van der Waals surface area (Å²) in [6.07, 6.45) is 0.974. The Kier molecular flexibility index (Phi) is 3.54. The third kappa shape index (κ3) is 2.09. The highest BCUT2D eigenvalue weighted by molar-refractivity contribution is 5.96. The number of carbonyl (C=O) groups is 1. The number of hydrogen-bond acceptors (Lipinski definition) is 1. The van der Waals surface area contributed by atoms with Crippen LogP contribution in [-0.2, 0) is 5.41 Å². The zero-order valence-corrected chi connectivity index (χ0v) is 14.8. The second-order valence-electron chi connectivity index (χ2n) is 6.92. The average molecular weight is 346 g/mol. The first-order valence-electron chi connectivity index (χ1n) is 9.17. The molecule has 0 fully saturated rings. The number of hydrogen-bond donors (Lipinski definition) is 0. The fourth-order valence-corrected chi connectivity index (χ4v) is 4.62. The van der Waals surface area contributed by atoms with Crippen molar-refractivity contribution in [1.82, 2.24) is 0 Å². The van der Waals surface area contributed by atoms with E-state index in [0.717, 1.165) is 23.0 Å². The van der Waals surface area contributed by atoms with Gasteiger partial charge in [-0.2, -0.15) is 0 Å². The number of aldehydes is 1. The molecule has 0 aliphatic heterocycles. The summed E-state index contributed by atoms with van der Waals surface area (Å²) in [5.41, 5.74) is 7.34. The van der Waals surface area contributed by atoms with Crippen LogP contribution in [-0.4, -0.2) is 6.29 Å². The Labute approximate surface area is 158 Å². The molecule has 0 saturated heterocycles. The monoisotopic (exact) mass is 346 g/mol. The van der Waals surface area contributed by atoms with Crippen LogP contribution in [0.15, 0.2) is 103 Å². The molecule has 0 unspecified atom stereocenters. The van der Waals surface area contributed by atoms with Gasteiger partial charge in [-0.05, 0) is 33.4 Å². The van der Waals surface area contributed by atoms with Gasteiger partial charge in [0.2, 0.25) is 0 Å². The number of rotatable bonds is 3. The molecule has 0 atom stereocenters. The van der Waals surface area contributed by atoms with Crippen LogP contribution in [0.5, 0.6) is 0 Å². The highest BCUT2D eigenvalue weighted by Crippen LogP contribution is 2.56. The summed E-state index contributed by atoms with van der Waals surface area (Å²) >= 11 is 0. The topological polar surface area (TPSA) is 17.1 Å². The van der Waals surface area contributed by atoms with E-state index in [2.05, 4.69) is 78.9 Å². The van der Waals surface area contributed by atoms with Gasteiger partial charge < -0.3 is 0 Å². The maximum Gasteiger partial charge on any atom is 0.150 e. The summed E-state index contributed by atoms with van der Waals surface area (Å²) in [7, 11) is 0. The van der Waals surface area contributed by atoms with E-state index >= 15 is 0 Å². The molecule has 0 radical (unpaired) electrons.